The molecule has 1 aromatic rings. The van der Waals surface area contributed by atoms with Crippen molar-refractivity contribution in [3.63, 3.8) is 0 Å². The number of rotatable bonds is 0. The SMILES string of the molecule is N[C@@H]1CCc2c1ccc(O)c2F. The number of halogens is 1. The van der Waals surface area contributed by atoms with E-state index in [0.29, 0.717) is 12.0 Å². The van der Waals surface area contributed by atoms with E-state index in [1.807, 2.05) is 0 Å². The number of phenols is 1. The molecule has 0 aliphatic heterocycles. The Labute approximate surface area is 69.8 Å². The summed E-state index contributed by atoms with van der Waals surface area (Å²) < 4.78 is 13.2. The third-order valence-corrected chi connectivity index (χ3v) is 2.36. The molecule has 3 N–H and O–H groups in total. The van der Waals surface area contributed by atoms with Crippen LogP contribution in [-0.2, 0) is 6.42 Å². The largest absolute Gasteiger partial charge is 0.505 e. The first kappa shape index (κ1) is 7.55. The normalized spacial score (nSPS) is 21.0. The van der Waals surface area contributed by atoms with Crippen molar-refractivity contribution in [2.75, 3.05) is 0 Å². The van der Waals surface area contributed by atoms with Crippen molar-refractivity contribution in [2.45, 2.75) is 18.9 Å². The van der Waals surface area contributed by atoms with Gasteiger partial charge in [-0.3, -0.25) is 0 Å². The van der Waals surface area contributed by atoms with Gasteiger partial charge in [0.25, 0.3) is 0 Å². The molecule has 0 radical (unpaired) electrons. The number of hydrogen-bond acceptors (Lipinski definition) is 2. The molecular weight excluding hydrogens is 157 g/mol. The minimum absolute atomic E-state index is 0.0601. The van der Waals surface area contributed by atoms with E-state index in [2.05, 4.69) is 0 Å². The molecule has 1 aromatic carbocycles. The number of benzene rings is 1. The van der Waals surface area contributed by atoms with Crippen molar-refractivity contribution in [1.29, 1.82) is 0 Å². The Balaban J connectivity index is 2.60. The Kier molecular flexibility index (Phi) is 1.54. The summed E-state index contributed by atoms with van der Waals surface area (Å²) in [6.45, 7) is 0. The number of phenolic OH excluding ortho intramolecular Hbond substituents is 1. The van der Waals surface area contributed by atoms with E-state index in [0.717, 1.165) is 12.0 Å². The maximum absolute atomic E-state index is 13.2. The quantitative estimate of drug-likeness (QED) is 0.614. The zero-order valence-electron chi connectivity index (χ0n) is 6.55. The van der Waals surface area contributed by atoms with Crippen LogP contribution >= 0.6 is 0 Å². The zero-order chi connectivity index (χ0) is 8.72. The molecule has 1 aliphatic carbocycles. The van der Waals surface area contributed by atoms with Crippen molar-refractivity contribution >= 4 is 0 Å². The van der Waals surface area contributed by atoms with Crippen LogP contribution in [-0.4, -0.2) is 5.11 Å². The van der Waals surface area contributed by atoms with Crippen LogP contribution in [0.1, 0.15) is 23.6 Å². The molecule has 0 aromatic heterocycles. The Morgan fingerprint density at radius 2 is 2.25 bits per heavy atom. The standard InChI is InChI=1S/C9H10FNO/c10-9-6-1-3-7(11)5(6)2-4-8(9)12/h2,4,7,12H,1,3,11H2/t7-/m1/s1. The van der Waals surface area contributed by atoms with Crippen LogP contribution in [0.2, 0.25) is 0 Å². The second-order valence-electron chi connectivity index (χ2n) is 3.11. The van der Waals surface area contributed by atoms with Gasteiger partial charge < -0.3 is 10.8 Å². The van der Waals surface area contributed by atoms with Gasteiger partial charge in [-0.05, 0) is 30.0 Å². The molecule has 12 heavy (non-hydrogen) atoms. The van der Waals surface area contributed by atoms with Crippen LogP contribution in [0.25, 0.3) is 0 Å². The first-order chi connectivity index (χ1) is 5.70. The van der Waals surface area contributed by atoms with Gasteiger partial charge in [-0.25, -0.2) is 4.39 Å². The minimum atomic E-state index is -0.500. The summed E-state index contributed by atoms with van der Waals surface area (Å²) in [6.07, 6.45) is 1.41. The van der Waals surface area contributed by atoms with Gasteiger partial charge >= 0.3 is 0 Å². The highest BCUT2D eigenvalue weighted by molar-refractivity contribution is 5.41. The fraction of sp³-hybridized carbons (Fsp3) is 0.333. The topological polar surface area (TPSA) is 46.2 Å². The van der Waals surface area contributed by atoms with Crippen molar-refractivity contribution in [3.05, 3.63) is 29.1 Å². The van der Waals surface area contributed by atoms with Gasteiger partial charge in [0.05, 0.1) is 0 Å². The van der Waals surface area contributed by atoms with Crippen molar-refractivity contribution in [3.8, 4) is 5.75 Å². The summed E-state index contributed by atoms with van der Waals surface area (Å²) >= 11 is 0. The summed E-state index contributed by atoms with van der Waals surface area (Å²) in [5.74, 6) is -0.775. The van der Waals surface area contributed by atoms with Crippen molar-refractivity contribution in [2.24, 2.45) is 5.73 Å². The molecule has 0 spiro atoms. The van der Waals surface area contributed by atoms with Crippen LogP contribution in [0.3, 0.4) is 0 Å². The smallest absolute Gasteiger partial charge is 0.168 e. The van der Waals surface area contributed by atoms with Crippen molar-refractivity contribution < 1.29 is 9.50 Å². The molecule has 0 fully saturated rings. The number of aromatic hydroxyl groups is 1. The number of nitrogens with two attached hydrogens (primary N) is 1. The molecule has 2 rings (SSSR count). The highest BCUT2D eigenvalue weighted by Gasteiger charge is 2.23. The van der Waals surface area contributed by atoms with Gasteiger partial charge in [-0.2, -0.15) is 0 Å². The molecule has 0 bridgehead atoms. The molecule has 1 aliphatic rings. The molecule has 0 saturated carbocycles. The third-order valence-electron chi connectivity index (χ3n) is 2.36. The van der Waals surface area contributed by atoms with E-state index in [9.17, 15) is 4.39 Å². The average molecular weight is 167 g/mol. The van der Waals surface area contributed by atoms with E-state index in [4.69, 9.17) is 10.8 Å². The Bertz CT molecular complexity index is 325. The fourth-order valence-electron chi connectivity index (χ4n) is 1.68. The van der Waals surface area contributed by atoms with Crippen LogP contribution in [0.15, 0.2) is 12.1 Å². The lowest BCUT2D eigenvalue weighted by molar-refractivity contribution is 0.429. The Morgan fingerprint density at radius 3 is 3.00 bits per heavy atom. The van der Waals surface area contributed by atoms with Crippen LogP contribution in [0.4, 0.5) is 4.39 Å². The van der Waals surface area contributed by atoms with Gasteiger partial charge in [0.2, 0.25) is 0 Å². The highest BCUT2D eigenvalue weighted by Crippen LogP contribution is 2.34. The molecule has 0 unspecified atom stereocenters. The van der Waals surface area contributed by atoms with Crippen molar-refractivity contribution in [1.82, 2.24) is 0 Å². The predicted molar refractivity (Wildman–Crippen MR) is 43.3 cm³/mol. The fourth-order valence-corrected chi connectivity index (χ4v) is 1.68. The van der Waals surface area contributed by atoms with Crippen LogP contribution < -0.4 is 5.73 Å². The maximum atomic E-state index is 13.2. The Hall–Kier alpha value is -1.09. The summed E-state index contributed by atoms with van der Waals surface area (Å²) in [7, 11) is 0. The predicted octanol–water partition coefficient (Wildman–Crippen LogP) is 1.48. The second-order valence-corrected chi connectivity index (χ2v) is 3.11. The minimum Gasteiger partial charge on any atom is -0.505 e. The summed E-state index contributed by atoms with van der Waals surface area (Å²) in [5.41, 5.74) is 7.14. The maximum Gasteiger partial charge on any atom is 0.168 e. The van der Waals surface area contributed by atoms with Crippen LogP contribution in [0.5, 0.6) is 5.75 Å². The molecule has 64 valence electrons. The number of fused-ring (bicyclic) bond motifs is 1. The van der Waals surface area contributed by atoms with Gasteiger partial charge in [-0.15, -0.1) is 0 Å². The van der Waals surface area contributed by atoms with Gasteiger partial charge in [0.1, 0.15) is 0 Å². The zero-order valence-corrected chi connectivity index (χ0v) is 6.55. The average Bonchev–Trinajstić information content (AvgIpc) is 2.41. The van der Waals surface area contributed by atoms with Gasteiger partial charge in [0.15, 0.2) is 11.6 Å². The first-order valence-corrected chi connectivity index (χ1v) is 3.96. The lowest BCUT2D eigenvalue weighted by Crippen LogP contribution is -2.05. The molecule has 0 amide bonds. The molecule has 1 atom stereocenters. The molecule has 2 nitrogen and oxygen atoms in total. The summed E-state index contributed by atoms with van der Waals surface area (Å²) in [4.78, 5) is 0. The van der Waals surface area contributed by atoms with Crippen LogP contribution in [0, 0.1) is 5.82 Å². The third kappa shape index (κ3) is 0.898. The number of hydrogen-bond donors (Lipinski definition) is 2. The highest BCUT2D eigenvalue weighted by atomic mass is 19.1. The summed E-state index contributed by atoms with van der Waals surface area (Å²) in [6, 6.07) is 3.00. The summed E-state index contributed by atoms with van der Waals surface area (Å²) in [5, 5.41) is 9.05. The molecular formula is C9H10FNO. The lowest BCUT2D eigenvalue weighted by atomic mass is 10.1. The Morgan fingerprint density at radius 1 is 1.50 bits per heavy atom. The molecule has 3 heteroatoms. The van der Waals surface area contributed by atoms with E-state index in [1.165, 1.54) is 6.07 Å². The lowest BCUT2D eigenvalue weighted by Gasteiger charge is -2.05. The molecule has 0 saturated heterocycles. The van der Waals surface area contributed by atoms with Gasteiger partial charge in [0, 0.05) is 6.04 Å². The molecule has 0 heterocycles. The van der Waals surface area contributed by atoms with E-state index in [1.54, 1.807) is 6.07 Å². The van der Waals surface area contributed by atoms with Gasteiger partial charge in [-0.1, -0.05) is 6.07 Å². The second kappa shape index (κ2) is 2.45. The first-order valence-electron chi connectivity index (χ1n) is 3.96. The van der Waals surface area contributed by atoms with E-state index < -0.39 is 5.82 Å². The van der Waals surface area contributed by atoms with E-state index in [-0.39, 0.29) is 11.8 Å². The van der Waals surface area contributed by atoms with E-state index >= 15 is 0 Å². The monoisotopic (exact) mass is 167 g/mol.